The molecule has 1 saturated heterocycles. The molecule has 1 aliphatic heterocycles. The molecule has 0 aliphatic carbocycles. The van der Waals surface area contributed by atoms with Gasteiger partial charge in [-0.25, -0.2) is 0 Å². The van der Waals surface area contributed by atoms with E-state index in [1.165, 1.54) is 5.69 Å². The zero-order valence-corrected chi connectivity index (χ0v) is 10.3. The standard InChI is InChI=1S/C13H15ClN2O/c14-12-2-1-3-13-11(12)8-10(15-13)9-16-4-6-17-7-5-16/h1-3,8,15H,4-7,9H2. The highest BCUT2D eigenvalue weighted by Gasteiger charge is 2.12. The number of aromatic nitrogens is 1. The molecule has 4 heteroatoms. The molecule has 2 aromatic rings. The fourth-order valence-corrected chi connectivity index (χ4v) is 2.49. The molecular formula is C13H15ClN2O. The second kappa shape index (κ2) is 4.69. The molecule has 0 amide bonds. The number of fused-ring (bicyclic) bond motifs is 1. The first-order valence-corrected chi connectivity index (χ1v) is 6.27. The molecule has 1 N–H and O–H groups in total. The number of benzene rings is 1. The van der Waals surface area contributed by atoms with E-state index in [-0.39, 0.29) is 0 Å². The molecule has 0 radical (unpaired) electrons. The molecule has 0 bridgehead atoms. The van der Waals surface area contributed by atoms with Gasteiger partial charge in [0.1, 0.15) is 0 Å². The van der Waals surface area contributed by atoms with E-state index < -0.39 is 0 Å². The molecule has 1 aliphatic rings. The lowest BCUT2D eigenvalue weighted by Gasteiger charge is -2.25. The summed E-state index contributed by atoms with van der Waals surface area (Å²) in [7, 11) is 0. The summed E-state index contributed by atoms with van der Waals surface area (Å²) in [5, 5.41) is 1.92. The van der Waals surface area contributed by atoms with E-state index >= 15 is 0 Å². The lowest BCUT2D eigenvalue weighted by molar-refractivity contribution is 0.0337. The van der Waals surface area contributed by atoms with Crippen molar-refractivity contribution in [3.8, 4) is 0 Å². The first-order valence-electron chi connectivity index (χ1n) is 5.89. The SMILES string of the molecule is Clc1cccc2[nH]c(CN3CCOCC3)cc12. The first-order chi connectivity index (χ1) is 8.33. The van der Waals surface area contributed by atoms with Crippen LogP contribution >= 0.6 is 11.6 Å². The van der Waals surface area contributed by atoms with E-state index in [9.17, 15) is 0 Å². The molecule has 0 atom stereocenters. The van der Waals surface area contributed by atoms with Crippen molar-refractivity contribution in [1.29, 1.82) is 0 Å². The van der Waals surface area contributed by atoms with Crippen LogP contribution in [0, 0.1) is 0 Å². The van der Waals surface area contributed by atoms with E-state index in [2.05, 4.69) is 22.0 Å². The number of nitrogens with zero attached hydrogens (tertiary/aromatic N) is 1. The highest BCUT2D eigenvalue weighted by atomic mass is 35.5. The predicted molar refractivity (Wildman–Crippen MR) is 69.4 cm³/mol. The lowest BCUT2D eigenvalue weighted by atomic mass is 10.2. The second-order valence-corrected chi connectivity index (χ2v) is 4.79. The Morgan fingerprint density at radius 2 is 2.12 bits per heavy atom. The zero-order chi connectivity index (χ0) is 11.7. The fraction of sp³-hybridized carbons (Fsp3) is 0.385. The van der Waals surface area contributed by atoms with Gasteiger partial charge in [0.25, 0.3) is 0 Å². The monoisotopic (exact) mass is 250 g/mol. The van der Waals surface area contributed by atoms with Gasteiger partial charge in [0.05, 0.1) is 13.2 Å². The number of H-pyrrole nitrogens is 1. The first kappa shape index (κ1) is 11.1. The number of halogens is 1. The van der Waals surface area contributed by atoms with Crippen LogP contribution in [-0.2, 0) is 11.3 Å². The van der Waals surface area contributed by atoms with Crippen LogP contribution in [0.1, 0.15) is 5.69 Å². The largest absolute Gasteiger partial charge is 0.379 e. The highest BCUT2D eigenvalue weighted by molar-refractivity contribution is 6.35. The van der Waals surface area contributed by atoms with Gasteiger partial charge >= 0.3 is 0 Å². The normalized spacial score (nSPS) is 17.7. The van der Waals surface area contributed by atoms with Gasteiger partial charge < -0.3 is 9.72 Å². The molecule has 3 rings (SSSR count). The van der Waals surface area contributed by atoms with E-state index in [4.69, 9.17) is 16.3 Å². The molecule has 0 unspecified atom stereocenters. The Hall–Kier alpha value is -1.03. The van der Waals surface area contributed by atoms with Crippen LogP contribution in [0.15, 0.2) is 24.3 Å². The van der Waals surface area contributed by atoms with Crippen LogP contribution in [0.25, 0.3) is 10.9 Å². The molecule has 17 heavy (non-hydrogen) atoms. The third kappa shape index (κ3) is 2.32. The number of morpholine rings is 1. The van der Waals surface area contributed by atoms with Crippen molar-refractivity contribution in [2.24, 2.45) is 0 Å². The molecule has 0 saturated carbocycles. The number of hydrogen-bond acceptors (Lipinski definition) is 2. The summed E-state index contributed by atoms with van der Waals surface area (Å²) in [6.45, 7) is 4.61. The number of aromatic amines is 1. The summed E-state index contributed by atoms with van der Waals surface area (Å²) in [6, 6.07) is 8.10. The van der Waals surface area contributed by atoms with E-state index in [1.54, 1.807) is 0 Å². The molecule has 90 valence electrons. The van der Waals surface area contributed by atoms with Gasteiger partial charge in [0, 0.05) is 41.3 Å². The molecule has 1 fully saturated rings. The Balaban J connectivity index is 1.83. The zero-order valence-electron chi connectivity index (χ0n) is 9.58. The molecule has 1 aromatic heterocycles. The van der Waals surface area contributed by atoms with Crippen molar-refractivity contribution in [1.82, 2.24) is 9.88 Å². The maximum absolute atomic E-state index is 6.16. The number of rotatable bonds is 2. The highest BCUT2D eigenvalue weighted by Crippen LogP contribution is 2.24. The quantitative estimate of drug-likeness (QED) is 0.888. The summed E-state index contributed by atoms with van der Waals surface area (Å²) in [5.41, 5.74) is 2.33. The van der Waals surface area contributed by atoms with Crippen molar-refractivity contribution in [2.75, 3.05) is 26.3 Å². The van der Waals surface area contributed by atoms with Gasteiger partial charge in [0.2, 0.25) is 0 Å². The van der Waals surface area contributed by atoms with Gasteiger partial charge in [0.15, 0.2) is 0 Å². The summed E-state index contributed by atoms with van der Waals surface area (Å²) in [5.74, 6) is 0. The number of ether oxygens (including phenoxy) is 1. The van der Waals surface area contributed by atoms with Crippen LogP contribution in [0.3, 0.4) is 0 Å². The van der Waals surface area contributed by atoms with Crippen molar-refractivity contribution in [3.63, 3.8) is 0 Å². The third-order valence-corrected chi connectivity index (χ3v) is 3.49. The molecule has 0 spiro atoms. The average Bonchev–Trinajstić information content (AvgIpc) is 2.74. The maximum atomic E-state index is 6.16. The Bertz CT molecular complexity index is 517. The molecule has 3 nitrogen and oxygen atoms in total. The molecular weight excluding hydrogens is 236 g/mol. The fourth-order valence-electron chi connectivity index (χ4n) is 2.26. The van der Waals surface area contributed by atoms with Crippen molar-refractivity contribution < 1.29 is 4.74 Å². The number of nitrogens with one attached hydrogen (secondary N) is 1. The third-order valence-electron chi connectivity index (χ3n) is 3.16. The van der Waals surface area contributed by atoms with Gasteiger partial charge in [-0.3, -0.25) is 4.90 Å². The summed E-state index contributed by atoms with van der Waals surface area (Å²) >= 11 is 6.16. The van der Waals surface area contributed by atoms with Crippen LogP contribution in [0.2, 0.25) is 5.02 Å². The van der Waals surface area contributed by atoms with E-state index in [1.807, 2.05) is 12.1 Å². The van der Waals surface area contributed by atoms with Gasteiger partial charge in [-0.2, -0.15) is 0 Å². The van der Waals surface area contributed by atoms with Crippen LogP contribution < -0.4 is 0 Å². The maximum Gasteiger partial charge on any atom is 0.0594 e. The molecule has 2 heterocycles. The van der Waals surface area contributed by atoms with Crippen LogP contribution in [0.4, 0.5) is 0 Å². The van der Waals surface area contributed by atoms with Crippen molar-refractivity contribution in [3.05, 3.63) is 35.0 Å². The minimum Gasteiger partial charge on any atom is -0.379 e. The van der Waals surface area contributed by atoms with Crippen LogP contribution in [0.5, 0.6) is 0 Å². The van der Waals surface area contributed by atoms with E-state index in [0.717, 1.165) is 48.8 Å². The Morgan fingerprint density at radius 1 is 1.29 bits per heavy atom. The minimum atomic E-state index is 0.812. The smallest absolute Gasteiger partial charge is 0.0594 e. The van der Waals surface area contributed by atoms with Gasteiger partial charge in [-0.15, -0.1) is 0 Å². The Kier molecular flexibility index (Phi) is 3.05. The molecule has 1 aromatic carbocycles. The Morgan fingerprint density at radius 3 is 2.88 bits per heavy atom. The predicted octanol–water partition coefficient (Wildman–Crippen LogP) is 2.65. The lowest BCUT2D eigenvalue weighted by Crippen LogP contribution is -2.35. The summed E-state index contributed by atoms with van der Waals surface area (Å²) in [6.07, 6.45) is 0. The Labute approximate surface area is 105 Å². The minimum absolute atomic E-state index is 0.812. The topological polar surface area (TPSA) is 28.3 Å². The second-order valence-electron chi connectivity index (χ2n) is 4.38. The summed E-state index contributed by atoms with van der Waals surface area (Å²) < 4.78 is 5.34. The average molecular weight is 251 g/mol. The van der Waals surface area contributed by atoms with Gasteiger partial charge in [-0.1, -0.05) is 17.7 Å². The van der Waals surface area contributed by atoms with Gasteiger partial charge in [-0.05, 0) is 18.2 Å². The van der Waals surface area contributed by atoms with Crippen molar-refractivity contribution in [2.45, 2.75) is 6.54 Å². The van der Waals surface area contributed by atoms with Crippen molar-refractivity contribution >= 4 is 22.5 Å². The summed E-state index contributed by atoms with van der Waals surface area (Å²) in [4.78, 5) is 5.81. The number of hydrogen-bond donors (Lipinski definition) is 1. The van der Waals surface area contributed by atoms with E-state index in [0.29, 0.717) is 0 Å². The van der Waals surface area contributed by atoms with Crippen LogP contribution in [-0.4, -0.2) is 36.2 Å².